The van der Waals surface area contributed by atoms with E-state index in [0.717, 1.165) is 28.4 Å². The van der Waals surface area contributed by atoms with E-state index in [0.29, 0.717) is 5.65 Å². The zero-order valence-corrected chi connectivity index (χ0v) is 10.2. The summed E-state index contributed by atoms with van der Waals surface area (Å²) in [6.07, 6.45) is 1.81. The van der Waals surface area contributed by atoms with Gasteiger partial charge in [-0.2, -0.15) is 0 Å². The maximum absolute atomic E-state index is 4.47. The number of aromatic nitrogens is 4. The molecule has 3 aromatic heterocycles. The maximum Gasteiger partial charge on any atom is 0.180 e. The predicted molar refractivity (Wildman–Crippen MR) is 71.4 cm³/mol. The molecule has 2 N–H and O–H groups in total. The summed E-state index contributed by atoms with van der Waals surface area (Å²) in [7, 11) is 1.84. The summed E-state index contributed by atoms with van der Waals surface area (Å²) in [4.78, 5) is 16.4. The molecule has 5 nitrogen and oxygen atoms in total. The second-order valence-corrected chi connectivity index (χ2v) is 4.09. The van der Waals surface area contributed by atoms with Crippen molar-refractivity contribution in [2.24, 2.45) is 0 Å². The third-order valence-corrected chi connectivity index (χ3v) is 2.79. The second kappa shape index (κ2) is 4.10. The van der Waals surface area contributed by atoms with Gasteiger partial charge < -0.3 is 10.3 Å². The molecule has 3 aromatic rings. The van der Waals surface area contributed by atoms with Gasteiger partial charge in [-0.15, -0.1) is 0 Å². The Kier molecular flexibility index (Phi) is 2.44. The fraction of sp³-hybridized carbons (Fsp3) is 0.154. The van der Waals surface area contributed by atoms with E-state index >= 15 is 0 Å². The van der Waals surface area contributed by atoms with Gasteiger partial charge in [0.1, 0.15) is 11.6 Å². The van der Waals surface area contributed by atoms with Gasteiger partial charge >= 0.3 is 0 Å². The van der Waals surface area contributed by atoms with Crippen molar-refractivity contribution in [3.63, 3.8) is 0 Å². The number of aromatic amines is 1. The minimum absolute atomic E-state index is 0.706. The highest BCUT2D eigenvalue weighted by Gasteiger charge is 2.06. The lowest BCUT2D eigenvalue weighted by Gasteiger charge is -1.95. The Morgan fingerprint density at radius 2 is 2.00 bits per heavy atom. The third-order valence-electron chi connectivity index (χ3n) is 2.79. The number of rotatable bonds is 2. The van der Waals surface area contributed by atoms with Gasteiger partial charge in [-0.05, 0) is 31.2 Å². The summed E-state index contributed by atoms with van der Waals surface area (Å²) in [6, 6.07) is 7.85. The van der Waals surface area contributed by atoms with Crippen molar-refractivity contribution in [2.75, 3.05) is 12.4 Å². The lowest BCUT2D eigenvalue weighted by Crippen LogP contribution is -1.91. The average Bonchev–Trinajstić information content (AvgIpc) is 2.82. The van der Waals surface area contributed by atoms with Crippen LogP contribution in [0.1, 0.15) is 5.69 Å². The van der Waals surface area contributed by atoms with Crippen molar-refractivity contribution in [1.29, 1.82) is 0 Å². The Balaban J connectivity index is 2.10. The Morgan fingerprint density at radius 1 is 1.11 bits per heavy atom. The van der Waals surface area contributed by atoms with Crippen molar-refractivity contribution >= 4 is 17.0 Å². The van der Waals surface area contributed by atoms with E-state index < -0.39 is 0 Å². The molecule has 18 heavy (non-hydrogen) atoms. The van der Waals surface area contributed by atoms with Crippen LogP contribution in [0.25, 0.3) is 22.6 Å². The van der Waals surface area contributed by atoms with Gasteiger partial charge in [0.15, 0.2) is 5.65 Å². The Labute approximate surface area is 104 Å². The number of nitrogens with one attached hydrogen (secondary N) is 2. The summed E-state index contributed by atoms with van der Waals surface area (Å²) in [5.41, 5.74) is 3.58. The van der Waals surface area contributed by atoms with Crippen LogP contribution in [0.2, 0.25) is 0 Å². The SMILES string of the molecule is CNc1ccc2[nH]c(-c3ccc(C)nc3)nc2n1. The Bertz CT molecular complexity index is 684. The van der Waals surface area contributed by atoms with Crippen LogP contribution in [0.5, 0.6) is 0 Å². The molecule has 0 unspecified atom stereocenters. The average molecular weight is 239 g/mol. The highest BCUT2D eigenvalue weighted by atomic mass is 15.0. The fourth-order valence-electron chi connectivity index (χ4n) is 1.78. The van der Waals surface area contributed by atoms with E-state index in [2.05, 4.69) is 25.3 Å². The Hall–Kier alpha value is -2.43. The van der Waals surface area contributed by atoms with Crippen molar-refractivity contribution in [3.05, 3.63) is 36.2 Å². The predicted octanol–water partition coefficient (Wildman–Crippen LogP) is 2.37. The molecule has 0 bridgehead atoms. The number of fused-ring (bicyclic) bond motifs is 1. The smallest absolute Gasteiger partial charge is 0.180 e. The number of pyridine rings is 2. The quantitative estimate of drug-likeness (QED) is 0.720. The van der Waals surface area contributed by atoms with Crippen LogP contribution >= 0.6 is 0 Å². The van der Waals surface area contributed by atoms with Gasteiger partial charge in [0.05, 0.1) is 5.52 Å². The second-order valence-electron chi connectivity index (χ2n) is 4.09. The molecule has 0 aliphatic rings. The molecule has 0 spiro atoms. The first kappa shape index (κ1) is 10.7. The number of hydrogen-bond acceptors (Lipinski definition) is 4. The molecule has 0 saturated heterocycles. The van der Waals surface area contributed by atoms with Crippen LogP contribution in [0.15, 0.2) is 30.5 Å². The molecule has 0 aliphatic carbocycles. The molecule has 0 amide bonds. The van der Waals surface area contributed by atoms with Crippen LogP contribution in [-0.4, -0.2) is 27.0 Å². The first-order valence-electron chi connectivity index (χ1n) is 5.74. The number of nitrogens with zero attached hydrogens (tertiary/aromatic N) is 3. The summed E-state index contributed by atoms with van der Waals surface area (Å²) in [5.74, 6) is 1.60. The molecule has 90 valence electrons. The molecule has 0 fully saturated rings. The van der Waals surface area contributed by atoms with E-state index in [9.17, 15) is 0 Å². The van der Waals surface area contributed by atoms with Crippen LogP contribution in [-0.2, 0) is 0 Å². The van der Waals surface area contributed by atoms with Crippen LogP contribution in [0.4, 0.5) is 5.82 Å². The van der Waals surface area contributed by atoms with Crippen LogP contribution < -0.4 is 5.32 Å². The highest BCUT2D eigenvalue weighted by Crippen LogP contribution is 2.19. The molecule has 5 heteroatoms. The summed E-state index contributed by atoms with van der Waals surface area (Å²) < 4.78 is 0. The fourth-order valence-corrected chi connectivity index (χ4v) is 1.78. The lowest BCUT2D eigenvalue weighted by molar-refractivity contribution is 1.19. The largest absolute Gasteiger partial charge is 0.373 e. The number of aryl methyl sites for hydroxylation is 1. The first-order chi connectivity index (χ1) is 8.76. The van der Waals surface area contributed by atoms with Gasteiger partial charge in [-0.1, -0.05) is 0 Å². The zero-order chi connectivity index (χ0) is 12.5. The van der Waals surface area contributed by atoms with Crippen molar-refractivity contribution in [2.45, 2.75) is 6.92 Å². The molecular weight excluding hydrogens is 226 g/mol. The summed E-state index contributed by atoms with van der Waals surface area (Å²) in [5, 5.41) is 3.00. The van der Waals surface area contributed by atoms with Crippen molar-refractivity contribution in [3.8, 4) is 11.4 Å². The van der Waals surface area contributed by atoms with Crippen LogP contribution in [0, 0.1) is 6.92 Å². The standard InChI is InChI=1S/C13H13N5/c1-8-3-4-9(7-15-8)12-16-10-5-6-11(14-2)17-13(10)18-12/h3-7H,1-2H3,(H2,14,16,17,18). The molecular formula is C13H13N5. The van der Waals surface area contributed by atoms with Gasteiger partial charge in [0.25, 0.3) is 0 Å². The molecule has 0 aliphatic heterocycles. The number of imidazole rings is 1. The summed E-state index contributed by atoms with van der Waals surface area (Å²) in [6.45, 7) is 1.96. The minimum Gasteiger partial charge on any atom is -0.373 e. The molecule has 0 aromatic carbocycles. The van der Waals surface area contributed by atoms with Gasteiger partial charge in [0.2, 0.25) is 0 Å². The Morgan fingerprint density at radius 3 is 2.72 bits per heavy atom. The van der Waals surface area contributed by atoms with E-state index in [1.54, 1.807) is 0 Å². The van der Waals surface area contributed by atoms with E-state index in [4.69, 9.17) is 0 Å². The third kappa shape index (κ3) is 1.79. The molecule has 0 atom stereocenters. The molecule has 0 saturated carbocycles. The van der Waals surface area contributed by atoms with Crippen molar-refractivity contribution in [1.82, 2.24) is 19.9 Å². The van der Waals surface area contributed by atoms with Gasteiger partial charge in [-0.3, -0.25) is 4.98 Å². The van der Waals surface area contributed by atoms with Crippen molar-refractivity contribution < 1.29 is 0 Å². The molecule has 3 rings (SSSR count). The maximum atomic E-state index is 4.47. The topological polar surface area (TPSA) is 66.5 Å². The molecule has 3 heterocycles. The zero-order valence-electron chi connectivity index (χ0n) is 10.2. The highest BCUT2D eigenvalue weighted by molar-refractivity contribution is 5.77. The van der Waals surface area contributed by atoms with Gasteiger partial charge in [0, 0.05) is 24.5 Å². The normalized spacial score (nSPS) is 10.8. The minimum atomic E-state index is 0.706. The summed E-state index contributed by atoms with van der Waals surface area (Å²) >= 11 is 0. The van der Waals surface area contributed by atoms with Crippen LogP contribution in [0.3, 0.4) is 0 Å². The lowest BCUT2D eigenvalue weighted by atomic mass is 10.2. The van der Waals surface area contributed by atoms with E-state index in [1.165, 1.54) is 0 Å². The number of hydrogen-bond donors (Lipinski definition) is 2. The van der Waals surface area contributed by atoms with Gasteiger partial charge in [-0.25, -0.2) is 9.97 Å². The number of anilines is 1. The number of H-pyrrole nitrogens is 1. The first-order valence-corrected chi connectivity index (χ1v) is 5.74. The monoisotopic (exact) mass is 239 g/mol. The van der Waals surface area contributed by atoms with E-state index in [-0.39, 0.29) is 0 Å². The van der Waals surface area contributed by atoms with E-state index in [1.807, 2.05) is 44.4 Å². The molecule has 0 radical (unpaired) electrons.